The highest BCUT2D eigenvalue weighted by molar-refractivity contribution is 6.16. The van der Waals surface area contributed by atoms with Gasteiger partial charge >= 0.3 is 0 Å². The molecule has 0 amide bonds. The molecule has 0 saturated heterocycles. The Hall–Kier alpha value is -15.3. The number of hydrogen-bond donors (Lipinski definition) is 0. The Labute approximate surface area is 650 Å². The van der Waals surface area contributed by atoms with Crippen molar-refractivity contribution in [1.29, 1.82) is 0 Å². The first kappa shape index (κ1) is 63.8. The lowest BCUT2D eigenvalue weighted by molar-refractivity contribution is 0.893. The summed E-state index contributed by atoms with van der Waals surface area (Å²) < 4.78 is 11.7. The van der Waals surface area contributed by atoms with Crippen LogP contribution in [0.15, 0.2) is 400 Å². The van der Waals surface area contributed by atoms with Crippen molar-refractivity contribution in [3.8, 4) is 107 Å². The van der Waals surface area contributed by atoms with Crippen LogP contribution in [0.5, 0.6) is 0 Å². The summed E-state index contributed by atoms with van der Waals surface area (Å²) in [4.78, 5) is 17.3. The first-order chi connectivity index (χ1) is 56.0. The molecule has 0 aliphatic carbocycles. The molecule has 0 saturated carbocycles. The molecule has 0 bridgehead atoms. The first-order valence-electron chi connectivity index (χ1n) is 38.5. The van der Waals surface area contributed by atoms with Crippen LogP contribution in [0.25, 0.3) is 216 Å². The lowest BCUT2D eigenvalue weighted by Crippen LogP contribution is -2.10. The van der Waals surface area contributed by atoms with E-state index in [4.69, 9.17) is 15.0 Å². The average molecular weight is 1440 g/mol. The zero-order valence-electron chi connectivity index (χ0n) is 61.2. The van der Waals surface area contributed by atoms with Crippen molar-refractivity contribution in [2.75, 3.05) is 0 Å². The summed E-state index contributed by atoms with van der Waals surface area (Å²) in [5.74, 6) is 1.52. The summed E-state index contributed by atoms with van der Waals surface area (Å²) in [6.45, 7) is 0. The molecular formula is C105H66N8. The van der Waals surface area contributed by atoms with Crippen molar-refractivity contribution in [1.82, 2.24) is 37.8 Å². The maximum absolute atomic E-state index is 5.83. The quantitative estimate of drug-likeness (QED) is 0.122. The van der Waals surface area contributed by atoms with E-state index in [1.807, 2.05) is 0 Å². The summed E-state index contributed by atoms with van der Waals surface area (Å²) in [5, 5.41) is 11.5. The minimum atomic E-state index is 0.490. The van der Waals surface area contributed by atoms with Crippen molar-refractivity contribution < 1.29 is 0 Å². The molecular weight excluding hydrogens is 1370 g/mol. The largest absolute Gasteiger partial charge is 0.309 e. The highest BCUT2D eigenvalue weighted by Gasteiger charge is 2.25. The summed E-state index contributed by atoms with van der Waals surface area (Å²) in [6.07, 6.45) is 0. The summed E-state index contributed by atoms with van der Waals surface area (Å²) in [5.41, 5.74) is 28.4. The Morgan fingerprint density at radius 3 is 0.681 bits per heavy atom. The number of hydrogen-bond acceptors (Lipinski definition) is 3. The van der Waals surface area contributed by atoms with Gasteiger partial charge in [-0.2, -0.15) is 15.0 Å². The van der Waals surface area contributed by atoms with Crippen molar-refractivity contribution in [3.63, 3.8) is 0 Å². The third-order valence-electron chi connectivity index (χ3n) is 23.1. The zero-order chi connectivity index (χ0) is 74.2. The standard InChI is InChI=1S/C105H66N8/c1-6-25-67(26-7-1)77-58-78(68-27-8-2-9-28-68)60-79(59-77)69-29-24-30-76(57-69)103-106-104(112-96-44-23-19-40-86(96)90-64-73(48-54-100(90)112)70-45-51-97-87(61-70)83-37-16-20-41-93(83)109(97)80-31-10-3-11-32-80)108-105(107-103)113-101-55-49-74(71-46-52-98-88(62-71)84-38-17-21-42-94(84)110(98)81-33-12-4-13-34-81)65-91(101)92-66-75(50-56-102(92)113)72-47-53-99-89(63-72)85-39-18-22-43-95(85)111(99)82-35-14-5-15-36-82/h1-66H. The fourth-order valence-corrected chi connectivity index (χ4v) is 17.9. The van der Waals surface area contributed by atoms with Gasteiger partial charge in [0.15, 0.2) is 5.82 Å². The summed E-state index contributed by atoms with van der Waals surface area (Å²) in [7, 11) is 0. The molecule has 0 aliphatic rings. The van der Waals surface area contributed by atoms with E-state index in [-0.39, 0.29) is 0 Å². The maximum Gasteiger partial charge on any atom is 0.240 e. The van der Waals surface area contributed by atoms with Gasteiger partial charge in [-0.05, 0) is 224 Å². The van der Waals surface area contributed by atoms with Gasteiger partial charge in [-0.25, -0.2) is 0 Å². The number of aromatic nitrogens is 8. The molecule has 6 heterocycles. The molecule has 23 aromatic rings. The van der Waals surface area contributed by atoms with Crippen LogP contribution < -0.4 is 0 Å². The van der Waals surface area contributed by atoms with Crippen LogP contribution in [-0.2, 0) is 0 Å². The van der Waals surface area contributed by atoms with Gasteiger partial charge in [0.1, 0.15) is 0 Å². The molecule has 0 spiro atoms. The van der Waals surface area contributed by atoms with E-state index in [1.165, 1.54) is 48.9 Å². The smallest absolute Gasteiger partial charge is 0.240 e. The minimum Gasteiger partial charge on any atom is -0.309 e. The number of benzene rings is 17. The van der Waals surface area contributed by atoms with Crippen LogP contribution in [0.3, 0.4) is 0 Å². The van der Waals surface area contributed by atoms with E-state index in [9.17, 15) is 0 Å². The highest BCUT2D eigenvalue weighted by atomic mass is 15.3. The molecule has 113 heavy (non-hydrogen) atoms. The van der Waals surface area contributed by atoms with Crippen LogP contribution in [-0.4, -0.2) is 37.8 Å². The van der Waals surface area contributed by atoms with Crippen LogP contribution in [0.2, 0.25) is 0 Å². The number of para-hydroxylation sites is 7. The molecule has 0 radical (unpaired) electrons. The fraction of sp³-hybridized carbons (Fsp3) is 0. The molecule has 23 rings (SSSR count). The molecule has 0 aliphatic heterocycles. The monoisotopic (exact) mass is 1440 g/mol. The second-order valence-electron chi connectivity index (χ2n) is 29.5. The Morgan fingerprint density at radius 2 is 0.354 bits per heavy atom. The second kappa shape index (κ2) is 25.7. The molecule has 0 N–H and O–H groups in total. The van der Waals surface area contributed by atoms with E-state index in [0.717, 1.165) is 150 Å². The topological polar surface area (TPSA) is 63.3 Å². The molecule has 8 heteroatoms. The lowest BCUT2D eigenvalue weighted by Gasteiger charge is -2.14. The van der Waals surface area contributed by atoms with Gasteiger partial charge in [-0.15, -0.1) is 0 Å². The van der Waals surface area contributed by atoms with E-state index in [1.54, 1.807) is 0 Å². The van der Waals surface area contributed by atoms with Gasteiger partial charge < -0.3 is 13.7 Å². The minimum absolute atomic E-state index is 0.490. The third kappa shape index (κ3) is 10.4. The van der Waals surface area contributed by atoms with Gasteiger partial charge in [0.05, 0.1) is 55.2 Å². The molecule has 0 atom stereocenters. The number of rotatable bonds is 12. The predicted octanol–water partition coefficient (Wildman–Crippen LogP) is 27.0. The second-order valence-corrected chi connectivity index (χ2v) is 29.5. The van der Waals surface area contributed by atoms with Crippen molar-refractivity contribution in [2.45, 2.75) is 0 Å². The summed E-state index contributed by atoms with van der Waals surface area (Å²) in [6, 6.07) is 146. The first-order valence-corrected chi connectivity index (χ1v) is 38.5. The van der Waals surface area contributed by atoms with Gasteiger partial charge in [0.2, 0.25) is 11.9 Å². The molecule has 526 valence electrons. The fourth-order valence-electron chi connectivity index (χ4n) is 17.9. The maximum atomic E-state index is 5.83. The Morgan fingerprint density at radius 1 is 0.133 bits per heavy atom. The van der Waals surface area contributed by atoms with Gasteiger partial charge in [-0.1, -0.05) is 243 Å². The van der Waals surface area contributed by atoms with Gasteiger partial charge in [-0.3, -0.25) is 9.13 Å². The molecule has 6 aromatic heterocycles. The average Bonchev–Trinajstić information content (AvgIpc) is 1.58. The van der Waals surface area contributed by atoms with Crippen molar-refractivity contribution >= 4 is 109 Å². The Balaban J connectivity index is 0.746. The predicted molar refractivity (Wildman–Crippen MR) is 470 cm³/mol. The van der Waals surface area contributed by atoms with E-state index in [2.05, 4.69) is 423 Å². The van der Waals surface area contributed by atoms with Crippen LogP contribution >= 0.6 is 0 Å². The van der Waals surface area contributed by atoms with Crippen LogP contribution in [0.4, 0.5) is 0 Å². The van der Waals surface area contributed by atoms with E-state index in [0.29, 0.717) is 17.7 Å². The molecule has 0 fully saturated rings. The van der Waals surface area contributed by atoms with E-state index < -0.39 is 0 Å². The van der Waals surface area contributed by atoms with Crippen molar-refractivity contribution in [2.24, 2.45) is 0 Å². The SMILES string of the molecule is c1ccc(-c2cc(-c3ccccc3)cc(-c3cccc(-c4nc(-n5c6ccccc6c6cc(-c7ccc8c(c7)c7ccccc7n8-c7ccccc7)ccc65)nc(-n5c6ccc(-c7ccc8c(c7)c7ccccc7n8-c7ccccc7)cc6c6cc(-c7ccc8c(c7)c7ccccc7n8-c7ccccc7)ccc65)n4)c3)c2)cc1. The van der Waals surface area contributed by atoms with Gasteiger partial charge in [0.25, 0.3) is 0 Å². The lowest BCUT2D eigenvalue weighted by atomic mass is 9.93. The third-order valence-corrected chi connectivity index (χ3v) is 23.1. The number of nitrogens with zero attached hydrogens (tertiary/aromatic N) is 8. The Bertz CT molecular complexity index is 7510. The van der Waals surface area contributed by atoms with Gasteiger partial charge in [0, 0.05) is 76.5 Å². The zero-order valence-corrected chi connectivity index (χ0v) is 61.2. The summed E-state index contributed by atoms with van der Waals surface area (Å²) >= 11 is 0. The van der Waals surface area contributed by atoms with Crippen molar-refractivity contribution in [3.05, 3.63) is 400 Å². The highest BCUT2D eigenvalue weighted by Crippen LogP contribution is 2.45. The normalized spacial score (nSPS) is 11.9. The molecule has 0 unspecified atom stereocenters. The Kier molecular flexibility index (Phi) is 14.5. The number of fused-ring (bicyclic) bond motifs is 15. The molecule has 17 aromatic carbocycles. The van der Waals surface area contributed by atoms with E-state index >= 15 is 0 Å². The van der Waals surface area contributed by atoms with Crippen LogP contribution in [0.1, 0.15) is 0 Å². The van der Waals surface area contributed by atoms with Crippen LogP contribution in [0, 0.1) is 0 Å². The molecule has 8 nitrogen and oxygen atoms in total.